The molecule has 20 heavy (non-hydrogen) atoms. The largest absolute Gasteiger partial charge is 0.373 e. The third-order valence-corrected chi connectivity index (χ3v) is 4.07. The van der Waals surface area contributed by atoms with E-state index in [4.69, 9.17) is 11.6 Å². The number of thiophene rings is 1. The monoisotopic (exact) mass is 309 g/mol. The van der Waals surface area contributed by atoms with E-state index in [0.717, 1.165) is 4.88 Å². The number of hydrogen-bond donors (Lipinski definition) is 1. The van der Waals surface area contributed by atoms with Gasteiger partial charge in [0.15, 0.2) is 0 Å². The van der Waals surface area contributed by atoms with Crippen molar-refractivity contribution >= 4 is 34.7 Å². The van der Waals surface area contributed by atoms with Crippen LogP contribution >= 0.6 is 22.9 Å². The van der Waals surface area contributed by atoms with Crippen molar-refractivity contribution in [3.8, 4) is 0 Å². The first-order valence-corrected chi connectivity index (χ1v) is 7.57. The minimum absolute atomic E-state index is 0.150. The first kappa shape index (κ1) is 14.8. The van der Waals surface area contributed by atoms with Crippen molar-refractivity contribution in [2.45, 2.75) is 13.5 Å². The Kier molecular flexibility index (Phi) is 4.98. The number of anilines is 1. The zero-order valence-electron chi connectivity index (χ0n) is 11.4. The quantitative estimate of drug-likeness (QED) is 0.919. The lowest BCUT2D eigenvalue weighted by molar-refractivity contribution is 0.0748. The van der Waals surface area contributed by atoms with Crippen molar-refractivity contribution in [2.75, 3.05) is 18.9 Å². The molecular formula is C14H16ClN3OS. The average molecular weight is 310 g/mol. The Labute approximate surface area is 127 Å². The fraction of sp³-hybridized carbons (Fsp3) is 0.286. The molecule has 0 saturated carbocycles. The van der Waals surface area contributed by atoms with Gasteiger partial charge >= 0.3 is 0 Å². The highest BCUT2D eigenvalue weighted by Crippen LogP contribution is 2.20. The fourth-order valence-corrected chi connectivity index (χ4v) is 2.70. The van der Waals surface area contributed by atoms with Gasteiger partial charge in [0.2, 0.25) is 0 Å². The Morgan fingerprint density at radius 1 is 1.45 bits per heavy atom. The summed E-state index contributed by atoms with van der Waals surface area (Å²) in [4.78, 5) is 19.7. The summed E-state index contributed by atoms with van der Waals surface area (Å²) in [6.07, 6.45) is 0. The van der Waals surface area contributed by atoms with Gasteiger partial charge in [-0.15, -0.1) is 11.3 Å². The molecule has 0 aliphatic rings. The van der Waals surface area contributed by atoms with Crippen molar-refractivity contribution in [3.05, 3.63) is 45.2 Å². The van der Waals surface area contributed by atoms with E-state index in [9.17, 15) is 4.79 Å². The Morgan fingerprint density at radius 3 is 2.85 bits per heavy atom. The van der Waals surface area contributed by atoms with Gasteiger partial charge in [0.05, 0.1) is 11.6 Å². The van der Waals surface area contributed by atoms with Crippen LogP contribution in [0.5, 0.6) is 0 Å². The summed E-state index contributed by atoms with van der Waals surface area (Å²) in [7, 11) is 1.76. The van der Waals surface area contributed by atoms with Crippen LogP contribution in [0, 0.1) is 0 Å². The van der Waals surface area contributed by atoms with Crippen LogP contribution in [0.25, 0.3) is 0 Å². The molecule has 6 heteroatoms. The van der Waals surface area contributed by atoms with Crippen LogP contribution in [-0.4, -0.2) is 29.4 Å². The summed E-state index contributed by atoms with van der Waals surface area (Å²) in [5, 5.41) is 5.29. The minimum atomic E-state index is -0.150. The molecule has 0 radical (unpaired) electrons. The normalized spacial score (nSPS) is 10.3. The number of carbonyl (C=O) groups is 1. The van der Waals surface area contributed by atoms with Gasteiger partial charge in [0.1, 0.15) is 11.5 Å². The molecule has 1 N–H and O–H groups in total. The van der Waals surface area contributed by atoms with E-state index in [2.05, 4.69) is 10.3 Å². The highest BCUT2D eigenvalue weighted by atomic mass is 35.5. The molecule has 0 atom stereocenters. The summed E-state index contributed by atoms with van der Waals surface area (Å²) in [5.41, 5.74) is 0.289. The number of aromatic nitrogens is 1. The van der Waals surface area contributed by atoms with Gasteiger partial charge in [0, 0.05) is 18.5 Å². The summed E-state index contributed by atoms with van der Waals surface area (Å²) >= 11 is 7.73. The summed E-state index contributed by atoms with van der Waals surface area (Å²) in [5.74, 6) is 0.480. The molecule has 106 valence electrons. The molecule has 2 aromatic rings. The van der Waals surface area contributed by atoms with Crippen LogP contribution in [0.15, 0.2) is 29.6 Å². The van der Waals surface area contributed by atoms with Crippen LogP contribution in [0.1, 0.15) is 22.3 Å². The number of rotatable bonds is 5. The molecule has 4 nitrogen and oxygen atoms in total. The second-order valence-electron chi connectivity index (χ2n) is 4.18. The number of nitrogens with zero attached hydrogens (tertiary/aromatic N) is 2. The van der Waals surface area contributed by atoms with Crippen LogP contribution in [0.4, 0.5) is 5.82 Å². The van der Waals surface area contributed by atoms with E-state index in [0.29, 0.717) is 23.9 Å². The molecule has 0 aliphatic heterocycles. The Balaban J connectivity index is 2.23. The number of halogens is 1. The smallest absolute Gasteiger partial charge is 0.274 e. The van der Waals surface area contributed by atoms with Gasteiger partial charge in [-0.1, -0.05) is 17.7 Å². The van der Waals surface area contributed by atoms with E-state index in [1.807, 2.05) is 24.4 Å². The van der Waals surface area contributed by atoms with Crippen LogP contribution in [0.2, 0.25) is 5.02 Å². The van der Waals surface area contributed by atoms with Gasteiger partial charge in [-0.05, 0) is 30.5 Å². The highest BCUT2D eigenvalue weighted by molar-refractivity contribution is 7.09. The molecule has 2 aromatic heterocycles. The molecule has 2 rings (SSSR count). The molecule has 0 aliphatic carbocycles. The average Bonchev–Trinajstić information content (AvgIpc) is 2.97. The molecule has 0 saturated heterocycles. The topological polar surface area (TPSA) is 45.2 Å². The fourth-order valence-electron chi connectivity index (χ4n) is 1.80. The Morgan fingerprint density at radius 2 is 2.25 bits per heavy atom. The number of amides is 1. The van der Waals surface area contributed by atoms with Gasteiger partial charge < -0.3 is 10.2 Å². The molecular weight excluding hydrogens is 294 g/mol. The zero-order chi connectivity index (χ0) is 14.5. The predicted octanol–water partition coefficient (Wildman–Crippen LogP) is 3.50. The lowest BCUT2D eigenvalue weighted by Gasteiger charge is -2.20. The van der Waals surface area contributed by atoms with Crippen molar-refractivity contribution in [3.63, 3.8) is 0 Å². The first-order chi connectivity index (χ1) is 9.65. The van der Waals surface area contributed by atoms with E-state index in [-0.39, 0.29) is 11.6 Å². The molecule has 0 spiro atoms. The van der Waals surface area contributed by atoms with E-state index in [1.54, 1.807) is 35.4 Å². The SMILES string of the molecule is CCN(Cc1cccs1)C(=O)c1nc(NC)ccc1Cl. The maximum Gasteiger partial charge on any atom is 0.274 e. The van der Waals surface area contributed by atoms with Crippen molar-refractivity contribution < 1.29 is 4.79 Å². The Hall–Kier alpha value is -1.59. The second kappa shape index (κ2) is 6.72. The second-order valence-corrected chi connectivity index (χ2v) is 5.62. The van der Waals surface area contributed by atoms with Crippen molar-refractivity contribution in [2.24, 2.45) is 0 Å². The maximum absolute atomic E-state index is 12.5. The van der Waals surface area contributed by atoms with Gasteiger partial charge in [-0.3, -0.25) is 4.79 Å². The maximum atomic E-state index is 12.5. The van der Waals surface area contributed by atoms with Crippen molar-refractivity contribution in [1.29, 1.82) is 0 Å². The molecule has 0 aromatic carbocycles. The predicted molar refractivity (Wildman–Crippen MR) is 83.5 cm³/mol. The highest BCUT2D eigenvalue weighted by Gasteiger charge is 2.19. The minimum Gasteiger partial charge on any atom is -0.373 e. The standard InChI is InChI=1S/C14H16ClN3OS/c1-3-18(9-10-5-4-8-20-10)14(19)13-11(15)6-7-12(16-2)17-13/h4-8H,3,9H2,1-2H3,(H,16,17). The molecule has 0 unspecified atom stereocenters. The summed E-state index contributed by atoms with van der Waals surface area (Å²) in [6, 6.07) is 7.42. The number of nitrogens with one attached hydrogen (secondary N) is 1. The number of carbonyl (C=O) groups excluding carboxylic acids is 1. The van der Waals surface area contributed by atoms with Crippen LogP contribution < -0.4 is 5.32 Å². The van der Waals surface area contributed by atoms with Gasteiger partial charge in [-0.25, -0.2) is 4.98 Å². The third-order valence-electron chi connectivity index (χ3n) is 2.90. The van der Waals surface area contributed by atoms with E-state index < -0.39 is 0 Å². The third kappa shape index (κ3) is 3.29. The molecule has 2 heterocycles. The molecule has 1 amide bonds. The summed E-state index contributed by atoms with van der Waals surface area (Å²) in [6.45, 7) is 3.13. The number of hydrogen-bond acceptors (Lipinski definition) is 4. The lowest BCUT2D eigenvalue weighted by Crippen LogP contribution is -2.31. The van der Waals surface area contributed by atoms with E-state index >= 15 is 0 Å². The zero-order valence-corrected chi connectivity index (χ0v) is 13.0. The van der Waals surface area contributed by atoms with Crippen LogP contribution in [0.3, 0.4) is 0 Å². The first-order valence-electron chi connectivity index (χ1n) is 6.31. The Bertz CT molecular complexity index is 586. The molecule has 0 bridgehead atoms. The van der Waals surface area contributed by atoms with E-state index in [1.165, 1.54) is 0 Å². The van der Waals surface area contributed by atoms with Crippen LogP contribution in [-0.2, 0) is 6.54 Å². The molecule has 0 fully saturated rings. The number of pyridine rings is 1. The van der Waals surface area contributed by atoms with Gasteiger partial charge in [0.25, 0.3) is 5.91 Å². The lowest BCUT2D eigenvalue weighted by atomic mass is 10.3. The van der Waals surface area contributed by atoms with Crippen molar-refractivity contribution in [1.82, 2.24) is 9.88 Å². The van der Waals surface area contributed by atoms with Gasteiger partial charge in [-0.2, -0.15) is 0 Å². The summed E-state index contributed by atoms with van der Waals surface area (Å²) < 4.78 is 0.